The van der Waals surface area contributed by atoms with E-state index in [1.54, 1.807) is 0 Å². The van der Waals surface area contributed by atoms with E-state index in [1.165, 1.54) is 14.0 Å². The standard InChI is InChI=1S/C4H8NO2/c1-4(6)5-3-7-2/h3H2,1-2H3. The van der Waals surface area contributed by atoms with Gasteiger partial charge in [0.15, 0.2) is 0 Å². The monoisotopic (exact) mass is 102 g/mol. The molecule has 1 radical (unpaired) electrons. The molecule has 0 aromatic heterocycles. The van der Waals surface area contributed by atoms with Gasteiger partial charge in [-0.3, -0.25) is 4.79 Å². The van der Waals surface area contributed by atoms with Crippen LogP contribution in [0.4, 0.5) is 0 Å². The normalized spacial score (nSPS) is 8.29. The molecule has 0 spiro atoms. The minimum absolute atomic E-state index is 0.176. The zero-order valence-corrected chi connectivity index (χ0v) is 4.47. The topological polar surface area (TPSA) is 40.4 Å². The van der Waals surface area contributed by atoms with Crippen LogP contribution in [0.15, 0.2) is 0 Å². The fraction of sp³-hybridized carbons (Fsp3) is 0.750. The van der Waals surface area contributed by atoms with Crippen LogP contribution in [0.5, 0.6) is 0 Å². The van der Waals surface area contributed by atoms with Crippen molar-refractivity contribution in [2.45, 2.75) is 6.92 Å². The summed E-state index contributed by atoms with van der Waals surface area (Å²) in [5.74, 6) is -0.193. The highest BCUT2D eigenvalue weighted by Crippen LogP contribution is 1.63. The predicted molar refractivity (Wildman–Crippen MR) is 24.7 cm³/mol. The second kappa shape index (κ2) is 3.61. The van der Waals surface area contributed by atoms with Gasteiger partial charge in [0.2, 0.25) is 5.91 Å². The van der Waals surface area contributed by atoms with Crippen LogP contribution in [-0.4, -0.2) is 19.7 Å². The Morgan fingerprint density at radius 3 is 2.57 bits per heavy atom. The summed E-state index contributed by atoms with van der Waals surface area (Å²) in [7, 11) is 1.49. The second-order valence-corrected chi connectivity index (χ2v) is 1.09. The molecule has 3 nitrogen and oxygen atoms in total. The molecule has 0 unspecified atom stereocenters. The molecule has 0 saturated heterocycles. The highest BCUT2D eigenvalue weighted by Gasteiger charge is 1.86. The van der Waals surface area contributed by atoms with Crippen molar-refractivity contribution in [3.05, 3.63) is 0 Å². The molecule has 0 fully saturated rings. The smallest absolute Gasteiger partial charge is 0.240 e. The molecule has 0 atom stereocenters. The molecule has 0 saturated carbocycles. The molecule has 0 N–H and O–H groups in total. The first-order chi connectivity index (χ1) is 3.27. The van der Waals surface area contributed by atoms with E-state index in [4.69, 9.17) is 0 Å². The lowest BCUT2D eigenvalue weighted by molar-refractivity contribution is -0.120. The highest BCUT2D eigenvalue weighted by molar-refractivity contribution is 5.72. The number of nitrogens with zero attached hydrogens (tertiary/aromatic N) is 1. The van der Waals surface area contributed by atoms with Gasteiger partial charge in [-0.1, -0.05) is 0 Å². The Kier molecular flexibility index (Phi) is 3.32. The third kappa shape index (κ3) is 5.43. The lowest BCUT2D eigenvalue weighted by Gasteiger charge is -1.91. The van der Waals surface area contributed by atoms with Gasteiger partial charge in [-0.2, -0.15) is 0 Å². The van der Waals surface area contributed by atoms with Crippen molar-refractivity contribution >= 4 is 5.91 Å². The lowest BCUT2D eigenvalue weighted by Crippen LogP contribution is -2.13. The predicted octanol–water partition coefficient (Wildman–Crippen LogP) is -0.259. The zero-order chi connectivity index (χ0) is 5.70. The molecular weight excluding hydrogens is 94.0 g/mol. The summed E-state index contributed by atoms with van der Waals surface area (Å²) in [6.07, 6.45) is 0. The fourth-order valence-electron chi connectivity index (χ4n) is 0.155. The number of amides is 1. The van der Waals surface area contributed by atoms with Crippen LogP contribution in [0.25, 0.3) is 0 Å². The van der Waals surface area contributed by atoms with Gasteiger partial charge in [-0.05, 0) is 0 Å². The minimum Gasteiger partial charge on any atom is -0.362 e. The average molecular weight is 102 g/mol. The van der Waals surface area contributed by atoms with Crippen molar-refractivity contribution in [3.8, 4) is 0 Å². The van der Waals surface area contributed by atoms with Crippen LogP contribution in [0.2, 0.25) is 0 Å². The number of methoxy groups -OCH3 is 1. The van der Waals surface area contributed by atoms with Crippen LogP contribution in [0.3, 0.4) is 0 Å². The Labute approximate surface area is 42.7 Å². The molecule has 7 heavy (non-hydrogen) atoms. The lowest BCUT2D eigenvalue weighted by atomic mass is 10.7. The number of carbonyl (C=O) groups is 1. The van der Waals surface area contributed by atoms with Crippen LogP contribution in [0.1, 0.15) is 6.92 Å². The van der Waals surface area contributed by atoms with E-state index in [-0.39, 0.29) is 12.6 Å². The number of hydrogen-bond donors (Lipinski definition) is 0. The highest BCUT2D eigenvalue weighted by atomic mass is 16.5. The number of rotatable bonds is 2. The van der Waals surface area contributed by atoms with Crippen LogP contribution in [-0.2, 0) is 9.53 Å². The van der Waals surface area contributed by atoms with Crippen LogP contribution < -0.4 is 5.32 Å². The Morgan fingerprint density at radius 1 is 1.86 bits per heavy atom. The molecular formula is C4H8NO2. The van der Waals surface area contributed by atoms with E-state index in [2.05, 4.69) is 10.1 Å². The minimum atomic E-state index is -0.193. The maximum Gasteiger partial charge on any atom is 0.240 e. The van der Waals surface area contributed by atoms with E-state index in [9.17, 15) is 4.79 Å². The molecule has 41 valence electrons. The quantitative estimate of drug-likeness (QED) is 0.482. The van der Waals surface area contributed by atoms with Gasteiger partial charge < -0.3 is 4.74 Å². The van der Waals surface area contributed by atoms with E-state index < -0.39 is 0 Å². The van der Waals surface area contributed by atoms with Crippen LogP contribution >= 0.6 is 0 Å². The van der Waals surface area contributed by atoms with Gasteiger partial charge >= 0.3 is 0 Å². The van der Waals surface area contributed by atoms with Crippen molar-refractivity contribution in [2.75, 3.05) is 13.8 Å². The molecule has 0 rings (SSSR count). The summed E-state index contributed by atoms with van der Waals surface area (Å²) >= 11 is 0. The molecule has 0 aliphatic heterocycles. The van der Waals surface area contributed by atoms with Gasteiger partial charge in [0.05, 0.1) is 0 Å². The van der Waals surface area contributed by atoms with Crippen molar-refractivity contribution in [1.82, 2.24) is 5.32 Å². The zero-order valence-electron chi connectivity index (χ0n) is 4.47. The van der Waals surface area contributed by atoms with E-state index >= 15 is 0 Å². The summed E-state index contributed by atoms with van der Waals surface area (Å²) in [6.45, 7) is 1.56. The summed E-state index contributed by atoms with van der Waals surface area (Å²) < 4.78 is 4.47. The molecule has 1 amide bonds. The van der Waals surface area contributed by atoms with Gasteiger partial charge in [-0.15, -0.1) is 0 Å². The molecule has 0 aliphatic rings. The number of carbonyl (C=O) groups excluding carboxylic acids is 1. The fourth-order valence-corrected chi connectivity index (χ4v) is 0.155. The first-order valence-corrected chi connectivity index (χ1v) is 1.94. The van der Waals surface area contributed by atoms with E-state index in [0.29, 0.717) is 0 Å². The van der Waals surface area contributed by atoms with Gasteiger partial charge in [0, 0.05) is 14.0 Å². The third-order valence-corrected chi connectivity index (χ3v) is 0.416. The summed E-state index contributed by atoms with van der Waals surface area (Å²) in [6, 6.07) is 0. The van der Waals surface area contributed by atoms with E-state index in [0.717, 1.165) is 0 Å². The Morgan fingerprint density at radius 2 is 2.43 bits per heavy atom. The summed E-state index contributed by atoms with van der Waals surface area (Å²) in [5, 5.41) is 3.38. The average Bonchev–Trinajstić information content (AvgIpc) is 1.61. The van der Waals surface area contributed by atoms with Crippen LogP contribution in [0, 0.1) is 0 Å². The van der Waals surface area contributed by atoms with Crippen molar-refractivity contribution in [3.63, 3.8) is 0 Å². The van der Waals surface area contributed by atoms with Crippen molar-refractivity contribution in [1.29, 1.82) is 0 Å². The molecule has 0 aromatic rings. The second-order valence-electron chi connectivity index (χ2n) is 1.09. The van der Waals surface area contributed by atoms with Gasteiger partial charge in [0.25, 0.3) is 0 Å². The van der Waals surface area contributed by atoms with Crippen molar-refractivity contribution < 1.29 is 9.53 Å². The van der Waals surface area contributed by atoms with E-state index in [1.807, 2.05) is 0 Å². The maximum atomic E-state index is 9.96. The Bertz CT molecular complexity index is 62.7. The maximum absolute atomic E-state index is 9.96. The summed E-state index contributed by atoms with van der Waals surface area (Å²) in [4.78, 5) is 9.96. The SMILES string of the molecule is COC[N]C(C)=O. The number of ether oxygens (including phenoxy) is 1. The largest absolute Gasteiger partial charge is 0.362 e. The first kappa shape index (κ1) is 6.43. The molecule has 0 aliphatic carbocycles. The molecule has 0 aromatic carbocycles. The third-order valence-electron chi connectivity index (χ3n) is 0.416. The number of hydrogen-bond acceptors (Lipinski definition) is 2. The van der Waals surface area contributed by atoms with Gasteiger partial charge in [0.1, 0.15) is 6.73 Å². The van der Waals surface area contributed by atoms with Crippen molar-refractivity contribution in [2.24, 2.45) is 0 Å². The summed E-state index contributed by atoms with van der Waals surface area (Å²) in [5.41, 5.74) is 0. The Hall–Kier alpha value is -0.570. The Balaban J connectivity index is 2.82. The van der Waals surface area contributed by atoms with Gasteiger partial charge in [-0.25, -0.2) is 5.32 Å². The molecule has 0 bridgehead atoms. The molecule has 0 heterocycles. The molecule has 3 heteroatoms. The first-order valence-electron chi connectivity index (χ1n) is 1.94.